The van der Waals surface area contributed by atoms with E-state index in [9.17, 15) is 0 Å². The highest BCUT2D eigenvalue weighted by Crippen LogP contribution is 2.46. The van der Waals surface area contributed by atoms with Gasteiger partial charge in [0.05, 0.1) is 11.4 Å². The Hall–Kier alpha value is -6.90. The van der Waals surface area contributed by atoms with Crippen molar-refractivity contribution in [3.63, 3.8) is 0 Å². The van der Waals surface area contributed by atoms with Gasteiger partial charge < -0.3 is 0 Å². The molecule has 1 aliphatic carbocycles. The van der Waals surface area contributed by atoms with Crippen LogP contribution < -0.4 is 0 Å². The van der Waals surface area contributed by atoms with Gasteiger partial charge in [0.1, 0.15) is 0 Å². The number of benzene rings is 8. The molecular formula is C52H36N2. The van der Waals surface area contributed by atoms with Gasteiger partial charge in [0.2, 0.25) is 0 Å². The maximum absolute atomic E-state index is 5.19. The van der Waals surface area contributed by atoms with Gasteiger partial charge in [0.15, 0.2) is 5.82 Å². The highest BCUT2D eigenvalue weighted by Gasteiger charge is 2.25. The van der Waals surface area contributed by atoms with Crippen molar-refractivity contribution >= 4 is 10.8 Å². The van der Waals surface area contributed by atoms with Crippen molar-refractivity contribution in [1.82, 2.24) is 9.97 Å². The van der Waals surface area contributed by atoms with Crippen LogP contribution in [0, 0.1) is 0 Å². The standard InChI is InChI=1S/C52H36N2/c1-34-42-16-8-9-17-44(42)47-29-28-41(32-49(34)47)37-20-24-38(25-21-37)43-30-31-48(46-19-11-10-18-45(43)46)51-33-50(53-52(54-51)40-14-6-3-7-15-40)39-26-22-36(23-27-39)35-12-4-2-5-13-35/h2-34H,1H3. The summed E-state index contributed by atoms with van der Waals surface area (Å²) < 4.78 is 0. The molecule has 1 aliphatic rings. The number of fused-ring (bicyclic) bond motifs is 4. The summed E-state index contributed by atoms with van der Waals surface area (Å²) in [5, 5.41) is 2.36. The molecule has 254 valence electrons. The van der Waals surface area contributed by atoms with Gasteiger partial charge in [-0.2, -0.15) is 0 Å². The minimum atomic E-state index is 0.398. The van der Waals surface area contributed by atoms with Crippen molar-refractivity contribution in [2.75, 3.05) is 0 Å². The molecule has 9 aromatic rings. The molecule has 2 nitrogen and oxygen atoms in total. The summed E-state index contributed by atoms with van der Waals surface area (Å²) in [7, 11) is 0. The van der Waals surface area contributed by atoms with E-state index in [-0.39, 0.29) is 0 Å². The second-order valence-electron chi connectivity index (χ2n) is 14.2. The van der Waals surface area contributed by atoms with Gasteiger partial charge >= 0.3 is 0 Å². The third-order valence-corrected chi connectivity index (χ3v) is 11.0. The van der Waals surface area contributed by atoms with Crippen LogP contribution in [0.1, 0.15) is 24.0 Å². The van der Waals surface area contributed by atoms with Crippen molar-refractivity contribution in [2.24, 2.45) is 0 Å². The molecule has 54 heavy (non-hydrogen) atoms. The lowest BCUT2D eigenvalue weighted by atomic mass is 9.91. The number of hydrogen-bond donors (Lipinski definition) is 0. The summed E-state index contributed by atoms with van der Waals surface area (Å²) in [4.78, 5) is 10.3. The van der Waals surface area contributed by atoms with E-state index in [1.165, 1.54) is 61.0 Å². The predicted octanol–water partition coefficient (Wildman–Crippen LogP) is 13.8. The zero-order valence-corrected chi connectivity index (χ0v) is 29.9. The average Bonchev–Trinajstić information content (AvgIpc) is 3.54. The van der Waals surface area contributed by atoms with Crippen LogP contribution in [0.5, 0.6) is 0 Å². The summed E-state index contributed by atoms with van der Waals surface area (Å²) in [6.45, 7) is 2.32. The van der Waals surface area contributed by atoms with Crippen LogP contribution in [0.3, 0.4) is 0 Å². The molecular weight excluding hydrogens is 653 g/mol. The molecule has 0 radical (unpaired) electrons. The van der Waals surface area contributed by atoms with Crippen molar-refractivity contribution in [1.29, 1.82) is 0 Å². The van der Waals surface area contributed by atoms with Crippen LogP contribution in [0.2, 0.25) is 0 Å². The highest BCUT2D eigenvalue weighted by molar-refractivity contribution is 6.05. The van der Waals surface area contributed by atoms with E-state index in [1.807, 2.05) is 24.3 Å². The second-order valence-corrected chi connectivity index (χ2v) is 14.2. The highest BCUT2D eigenvalue weighted by atomic mass is 14.9. The Balaban J connectivity index is 1.02. The van der Waals surface area contributed by atoms with E-state index in [0.717, 1.165) is 33.5 Å². The molecule has 0 spiro atoms. The topological polar surface area (TPSA) is 25.8 Å². The van der Waals surface area contributed by atoms with Crippen molar-refractivity contribution in [3.05, 3.63) is 205 Å². The smallest absolute Gasteiger partial charge is 0.160 e. The fourth-order valence-corrected chi connectivity index (χ4v) is 8.16. The van der Waals surface area contributed by atoms with Gasteiger partial charge in [-0.15, -0.1) is 0 Å². The molecule has 0 amide bonds. The molecule has 1 aromatic heterocycles. The predicted molar refractivity (Wildman–Crippen MR) is 225 cm³/mol. The summed E-state index contributed by atoms with van der Waals surface area (Å²) in [6, 6.07) is 69.5. The summed E-state index contributed by atoms with van der Waals surface area (Å²) in [6.07, 6.45) is 0. The largest absolute Gasteiger partial charge is 0.228 e. The molecule has 0 fully saturated rings. The molecule has 1 heterocycles. The van der Waals surface area contributed by atoms with Gasteiger partial charge in [-0.25, -0.2) is 9.97 Å². The molecule has 0 saturated carbocycles. The van der Waals surface area contributed by atoms with E-state index in [0.29, 0.717) is 11.7 Å². The first-order valence-electron chi connectivity index (χ1n) is 18.6. The molecule has 1 atom stereocenters. The zero-order chi connectivity index (χ0) is 36.0. The van der Waals surface area contributed by atoms with Crippen molar-refractivity contribution < 1.29 is 0 Å². The third kappa shape index (κ3) is 5.60. The SMILES string of the molecule is CC1c2ccccc2-c2ccc(-c3ccc(-c4ccc(-c5cc(-c6ccc(-c7ccccc7)cc6)nc(-c6ccccc6)n5)c5ccccc45)cc3)cc21. The maximum Gasteiger partial charge on any atom is 0.160 e. The Morgan fingerprint density at radius 2 is 0.796 bits per heavy atom. The Labute approximate surface area is 316 Å². The summed E-state index contributed by atoms with van der Waals surface area (Å²) in [5.74, 6) is 1.11. The molecule has 0 bridgehead atoms. The number of rotatable bonds is 6. The third-order valence-electron chi connectivity index (χ3n) is 11.0. The van der Waals surface area contributed by atoms with Gasteiger partial charge in [-0.3, -0.25) is 0 Å². The zero-order valence-electron chi connectivity index (χ0n) is 29.9. The van der Waals surface area contributed by atoms with E-state index >= 15 is 0 Å². The molecule has 0 N–H and O–H groups in total. The molecule has 2 heteroatoms. The lowest BCUT2D eigenvalue weighted by Gasteiger charge is -2.14. The lowest BCUT2D eigenvalue weighted by Crippen LogP contribution is -1.97. The average molecular weight is 689 g/mol. The van der Waals surface area contributed by atoms with Crippen LogP contribution in [0.15, 0.2) is 194 Å². The quantitative estimate of drug-likeness (QED) is 0.174. The molecule has 1 unspecified atom stereocenters. The molecule has 10 rings (SSSR count). The van der Waals surface area contributed by atoms with Gasteiger partial charge in [0.25, 0.3) is 0 Å². The second kappa shape index (κ2) is 13.3. The first kappa shape index (κ1) is 31.8. The van der Waals surface area contributed by atoms with E-state index < -0.39 is 0 Å². The molecule has 0 aliphatic heterocycles. The van der Waals surface area contributed by atoms with Gasteiger partial charge in [0, 0.05) is 22.6 Å². The van der Waals surface area contributed by atoms with Crippen LogP contribution >= 0.6 is 0 Å². The van der Waals surface area contributed by atoms with Crippen LogP contribution in [-0.2, 0) is 0 Å². The summed E-state index contributed by atoms with van der Waals surface area (Å²) >= 11 is 0. The maximum atomic E-state index is 5.19. The minimum Gasteiger partial charge on any atom is -0.228 e. The summed E-state index contributed by atoms with van der Waals surface area (Å²) in [5.41, 5.74) is 17.7. The fraction of sp³-hybridized carbons (Fsp3) is 0.0385. The van der Waals surface area contributed by atoms with Crippen LogP contribution in [-0.4, -0.2) is 9.97 Å². The number of aromatic nitrogens is 2. The number of nitrogens with zero attached hydrogens (tertiary/aromatic N) is 2. The Morgan fingerprint density at radius 1 is 0.315 bits per heavy atom. The molecule has 0 saturated heterocycles. The van der Waals surface area contributed by atoms with Crippen LogP contribution in [0.25, 0.3) is 89.2 Å². The van der Waals surface area contributed by atoms with Crippen LogP contribution in [0.4, 0.5) is 0 Å². The monoisotopic (exact) mass is 688 g/mol. The normalized spacial score (nSPS) is 13.1. The Morgan fingerprint density at radius 3 is 1.54 bits per heavy atom. The van der Waals surface area contributed by atoms with Gasteiger partial charge in [-0.1, -0.05) is 189 Å². The minimum absolute atomic E-state index is 0.398. The van der Waals surface area contributed by atoms with Gasteiger partial charge in [-0.05, 0) is 78.5 Å². The lowest BCUT2D eigenvalue weighted by molar-refractivity contribution is 0.957. The first-order chi connectivity index (χ1) is 26.7. The van der Waals surface area contributed by atoms with E-state index in [1.54, 1.807) is 0 Å². The Kier molecular flexibility index (Phi) is 7.81. The van der Waals surface area contributed by atoms with E-state index in [4.69, 9.17) is 9.97 Å². The Bertz CT molecular complexity index is 2800. The van der Waals surface area contributed by atoms with Crippen molar-refractivity contribution in [2.45, 2.75) is 12.8 Å². The fourth-order valence-electron chi connectivity index (χ4n) is 8.16. The molecule has 8 aromatic carbocycles. The van der Waals surface area contributed by atoms with E-state index in [2.05, 4.69) is 177 Å². The first-order valence-corrected chi connectivity index (χ1v) is 18.6. The number of hydrogen-bond acceptors (Lipinski definition) is 2. The van der Waals surface area contributed by atoms with Crippen molar-refractivity contribution in [3.8, 4) is 78.4 Å².